The molecule has 0 spiro atoms. The van der Waals surface area contributed by atoms with Gasteiger partial charge in [-0.25, -0.2) is 0 Å². The van der Waals surface area contributed by atoms with E-state index in [-0.39, 0.29) is 31.1 Å². The van der Waals surface area contributed by atoms with Gasteiger partial charge in [-0.3, -0.25) is 19.2 Å². The van der Waals surface area contributed by atoms with Crippen molar-refractivity contribution in [2.75, 3.05) is 25.5 Å². The molecule has 0 aliphatic carbocycles. The molecule has 0 radical (unpaired) electrons. The molecular weight excluding hydrogens is 404 g/mol. The van der Waals surface area contributed by atoms with Gasteiger partial charge in [-0.2, -0.15) is 0 Å². The van der Waals surface area contributed by atoms with E-state index in [0.717, 1.165) is 15.3 Å². The van der Waals surface area contributed by atoms with Crippen LogP contribution in [0.1, 0.15) is 38.5 Å². The molecule has 1 heterocycles. The summed E-state index contributed by atoms with van der Waals surface area (Å²) in [4.78, 5) is 51.3. The number of thiophene rings is 1. The minimum Gasteiger partial charge on any atom is -0.456 e. The number of hydrogen-bond donors (Lipinski definition) is 1. The van der Waals surface area contributed by atoms with Crippen molar-refractivity contribution in [1.82, 2.24) is 4.90 Å². The Balaban J connectivity index is 1.71. The highest BCUT2D eigenvalue weighted by Gasteiger charge is 2.17. The van der Waals surface area contributed by atoms with E-state index in [1.54, 1.807) is 12.1 Å². The number of amides is 2. The third-order valence-electron chi connectivity index (χ3n) is 4.40. The largest absolute Gasteiger partial charge is 0.456 e. The third kappa shape index (κ3) is 7.11. The molecule has 0 fully saturated rings. The van der Waals surface area contributed by atoms with Gasteiger partial charge in [-0.15, -0.1) is 11.3 Å². The number of carbonyl (C=O) groups excluding carboxylic acids is 4. The second-order valence-corrected chi connectivity index (χ2v) is 8.54. The van der Waals surface area contributed by atoms with E-state index in [1.165, 1.54) is 23.3 Å². The zero-order valence-electron chi connectivity index (χ0n) is 17.6. The molecule has 30 heavy (non-hydrogen) atoms. The second-order valence-electron chi connectivity index (χ2n) is 7.07. The number of anilines is 1. The van der Waals surface area contributed by atoms with Crippen LogP contribution in [0, 0.1) is 20.8 Å². The van der Waals surface area contributed by atoms with Crippen LogP contribution in [0.3, 0.4) is 0 Å². The number of nitrogens with one attached hydrogen (secondary N) is 1. The van der Waals surface area contributed by atoms with Crippen molar-refractivity contribution in [2.45, 2.75) is 33.6 Å². The lowest BCUT2D eigenvalue weighted by Crippen LogP contribution is -2.37. The molecule has 0 aliphatic heterocycles. The van der Waals surface area contributed by atoms with Crippen molar-refractivity contribution in [3.63, 3.8) is 0 Å². The van der Waals surface area contributed by atoms with Gasteiger partial charge in [-0.1, -0.05) is 17.7 Å². The van der Waals surface area contributed by atoms with E-state index < -0.39 is 18.5 Å². The molecule has 1 aromatic carbocycles. The van der Waals surface area contributed by atoms with Gasteiger partial charge >= 0.3 is 5.97 Å². The van der Waals surface area contributed by atoms with E-state index >= 15 is 0 Å². The fraction of sp³-hybridized carbons (Fsp3) is 0.364. The van der Waals surface area contributed by atoms with Crippen molar-refractivity contribution >= 4 is 40.6 Å². The van der Waals surface area contributed by atoms with Crippen LogP contribution in [0.2, 0.25) is 0 Å². The number of aryl methyl sites for hydroxylation is 3. The summed E-state index contributed by atoms with van der Waals surface area (Å²) in [6.07, 6.45) is -0.0725. The number of ether oxygens (including phenoxy) is 1. The summed E-state index contributed by atoms with van der Waals surface area (Å²) in [5.41, 5.74) is 2.34. The van der Waals surface area contributed by atoms with Crippen molar-refractivity contribution in [3.05, 3.63) is 51.2 Å². The number of esters is 1. The summed E-state index contributed by atoms with van der Waals surface area (Å²) >= 11 is 1.54. The normalized spacial score (nSPS) is 10.4. The number of carbonyl (C=O) groups is 4. The SMILES string of the molecule is Cc1ccc(NC(=O)CN(C)C(=O)COC(=O)CCC(=O)c2cc(C)sc2C)cc1. The molecule has 0 bridgehead atoms. The smallest absolute Gasteiger partial charge is 0.306 e. The van der Waals surface area contributed by atoms with Crippen LogP contribution in [0.25, 0.3) is 0 Å². The molecule has 7 nitrogen and oxygen atoms in total. The molecular formula is C22H26N2O5S. The van der Waals surface area contributed by atoms with Crippen LogP contribution in [-0.2, 0) is 19.1 Å². The monoisotopic (exact) mass is 430 g/mol. The molecule has 2 rings (SSSR count). The molecule has 2 aromatic rings. The number of rotatable bonds is 9. The minimum absolute atomic E-state index is 0.0266. The Bertz CT molecular complexity index is 934. The van der Waals surface area contributed by atoms with Crippen LogP contribution in [0.4, 0.5) is 5.69 Å². The molecule has 0 unspecified atom stereocenters. The van der Waals surface area contributed by atoms with E-state index in [4.69, 9.17) is 4.74 Å². The summed E-state index contributed by atoms with van der Waals surface area (Å²) in [6, 6.07) is 9.10. The molecule has 0 atom stereocenters. The Labute approximate surface area is 180 Å². The van der Waals surface area contributed by atoms with Gasteiger partial charge in [0.15, 0.2) is 12.4 Å². The Morgan fingerprint density at radius 3 is 2.30 bits per heavy atom. The highest BCUT2D eigenvalue weighted by molar-refractivity contribution is 7.12. The van der Waals surface area contributed by atoms with Crippen LogP contribution in [-0.4, -0.2) is 48.7 Å². The van der Waals surface area contributed by atoms with Gasteiger partial charge in [0.1, 0.15) is 0 Å². The molecule has 2 amide bonds. The Morgan fingerprint density at radius 1 is 1.03 bits per heavy atom. The van der Waals surface area contributed by atoms with Gasteiger partial charge in [0.25, 0.3) is 5.91 Å². The standard InChI is InChI=1S/C22H26N2O5S/c1-14-5-7-17(8-6-14)23-20(26)12-24(4)21(27)13-29-22(28)10-9-19(25)18-11-15(2)30-16(18)3/h5-8,11H,9-10,12-13H2,1-4H3,(H,23,26). The highest BCUT2D eigenvalue weighted by atomic mass is 32.1. The zero-order chi connectivity index (χ0) is 22.3. The fourth-order valence-electron chi connectivity index (χ4n) is 2.72. The summed E-state index contributed by atoms with van der Waals surface area (Å²) < 4.78 is 4.95. The Kier molecular flexibility index (Phi) is 8.29. The van der Waals surface area contributed by atoms with E-state index in [9.17, 15) is 19.2 Å². The first-order valence-electron chi connectivity index (χ1n) is 9.52. The first-order chi connectivity index (χ1) is 14.2. The van der Waals surface area contributed by atoms with Crippen molar-refractivity contribution in [3.8, 4) is 0 Å². The average molecular weight is 431 g/mol. The summed E-state index contributed by atoms with van der Waals surface area (Å²) in [5.74, 6) is -1.60. The van der Waals surface area contributed by atoms with Gasteiger partial charge in [0, 0.05) is 34.5 Å². The summed E-state index contributed by atoms with van der Waals surface area (Å²) in [7, 11) is 1.45. The second kappa shape index (κ2) is 10.7. The van der Waals surface area contributed by atoms with Gasteiger partial charge in [0.2, 0.25) is 5.91 Å². The van der Waals surface area contributed by atoms with Gasteiger partial charge in [-0.05, 0) is 39.0 Å². The predicted molar refractivity (Wildman–Crippen MR) is 116 cm³/mol. The molecule has 1 aromatic heterocycles. The van der Waals surface area contributed by atoms with Crippen LogP contribution < -0.4 is 5.32 Å². The summed E-state index contributed by atoms with van der Waals surface area (Å²) in [6.45, 7) is 5.09. The zero-order valence-corrected chi connectivity index (χ0v) is 18.4. The molecule has 1 N–H and O–H groups in total. The molecule has 0 saturated heterocycles. The number of Topliss-reactive ketones (excluding diaryl/α,β-unsaturated/α-hetero) is 1. The quantitative estimate of drug-likeness (QED) is 0.487. The van der Waals surface area contributed by atoms with Gasteiger partial charge in [0.05, 0.1) is 13.0 Å². The molecule has 0 aliphatic rings. The molecule has 8 heteroatoms. The average Bonchev–Trinajstić information content (AvgIpc) is 3.03. The minimum atomic E-state index is -0.626. The maximum Gasteiger partial charge on any atom is 0.306 e. The lowest BCUT2D eigenvalue weighted by Gasteiger charge is -2.16. The van der Waals surface area contributed by atoms with Crippen molar-refractivity contribution in [2.24, 2.45) is 0 Å². The van der Waals surface area contributed by atoms with E-state index in [1.807, 2.05) is 39.0 Å². The Morgan fingerprint density at radius 2 is 1.70 bits per heavy atom. The first-order valence-corrected chi connectivity index (χ1v) is 10.3. The fourth-order valence-corrected chi connectivity index (χ4v) is 3.67. The number of hydrogen-bond acceptors (Lipinski definition) is 6. The third-order valence-corrected chi connectivity index (χ3v) is 5.36. The van der Waals surface area contributed by atoms with Crippen molar-refractivity contribution < 1.29 is 23.9 Å². The van der Waals surface area contributed by atoms with Crippen LogP contribution in [0.15, 0.2) is 30.3 Å². The van der Waals surface area contributed by atoms with E-state index in [0.29, 0.717) is 11.3 Å². The van der Waals surface area contributed by atoms with Gasteiger partial charge < -0.3 is 15.0 Å². The van der Waals surface area contributed by atoms with E-state index in [2.05, 4.69) is 5.32 Å². The lowest BCUT2D eigenvalue weighted by atomic mass is 10.1. The Hall–Kier alpha value is -3.00. The first kappa shape index (κ1) is 23.3. The van der Waals surface area contributed by atoms with Crippen LogP contribution >= 0.6 is 11.3 Å². The number of likely N-dealkylation sites (N-methyl/N-ethyl adjacent to an activating group) is 1. The summed E-state index contributed by atoms with van der Waals surface area (Å²) in [5, 5.41) is 2.70. The molecule has 0 saturated carbocycles. The maximum absolute atomic E-state index is 12.2. The maximum atomic E-state index is 12.2. The van der Waals surface area contributed by atoms with Crippen molar-refractivity contribution in [1.29, 1.82) is 0 Å². The van der Waals surface area contributed by atoms with Crippen LogP contribution in [0.5, 0.6) is 0 Å². The lowest BCUT2D eigenvalue weighted by molar-refractivity contribution is -0.151. The predicted octanol–water partition coefficient (Wildman–Crippen LogP) is 3.28. The number of benzene rings is 1. The topological polar surface area (TPSA) is 92.8 Å². The number of ketones is 1. The molecule has 160 valence electrons. The highest BCUT2D eigenvalue weighted by Crippen LogP contribution is 2.22. The number of nitrogens with zero attached hydrogens (tertiary/aromatic N) is 1.